The van der Waals surface area contributed by atoms with Gasteiger partial charge in [-0.3, -0.25) is 4.79 Å². The van der Waals surface area contributed by atoms with E-state index in [1.54, 1.807) is 24.3 Å². The van der Waals surface area contributed by atoms with Gasteiger partial charge in [0.15, 0.2) is 0 Å². The first-order valence-corrected chi connectivity index (χ1v) is 9.21. The van der Waals surface area contributed by atoms with Crippen LogP contribution in [0.5, 0.6) is 0 Å². The first kappa shape index (κ1) is 18.9. The van der Waals surface area contributed by atoms with E-state index in [9.17, 15) is 14.7 Å². The molecule has 1 fully saturated rings. The van der Waals surface area contributed by atoms with Crippen molar-refractivity contribution >= 4 is 23.3 Å². The highest BCUT2D eigenvalue weighted by Gasteiger charge is 2.20. The molecule has 3 rings (SSSR count). The summed E-state index contributed by atoms with van der Waals surface area (Å²) in [6.45, 7) is 8.67. The van der Waals surface area contributed by atoms with Crippen molar-refractivity contribution in [3.8, 4) is 0 Å². The lowest BCUT2D eigenvalue weighted by atomic mass is 10.1. The highest BCUT2D eigenvalue weighted by atomic mass is 16.4. The second kappa shape index (κ2) is 8.22. The fourth-order valence-corrected chi connectivity index (χ4v) is 3.35. The number of rotatable bonds is 5. The third-order valence-electron chi connectivity index (χ3n) is 5.06. The van der Waals surface area contributed by atoms with Crippen LogP contribution in [0.25, 0.3) is 0 Å². The Morgan fingerprint density at radius 3 is 2.37 bits per heavy atom. The summed E-state index contributed by atoms with van der Waals surface area (Å²) in [5.74, 6) is -1.36. The number of likely N-dealkylation sites (N-methyl/N-ethyl adjacent to an activating group) is 1. The third-order valence-corrected chi connectivity index (χ3v) is 5.06. The topological polar surface area (TPSA) is 72.9 Å². The molecule has 1 heterocycles. The van der Waals surface area contributed by atoms with Crippen molar-refractivity contribution in [3.05, 3.63) is 59.2 Å². The number of nitrogens with one attached hydrogen (secondary N) is 1. The molecule has 2 aromatic rings. The number of carbonyl (C=O) groups excluding carboxylic acids is 1. The van der Waals surface area contributed by atoms with Gasteiger partial charge in [0.1, 0.15) is 0 Å². The van der Waals surface area contributed by atoms with Crippen molar-refractivity contribution in [3.63, 3.8) is 0 Å². The molecule has 1 amide bonds. The van der Waals surface area contributed by atoms with Gasteiger partial charge in [-0.15, -0.1) is 0 Å². The zero-order chi connectivity index (χ0) is 19.4. The maximum absolute atomic E-state index is 12.5. The fourth-order valence-electron chi connectivity index (χ4n) is 3.35. The smallest absolute Gasteiger partial charge is 0.337 e. The normalized spacial score (nSPS) is 14.8. The van der Waals surface area contributed by atoms with Gasteiger partial charge in [0.2, 0.25) is 0 Å². The minimum atomic E-state index is -1.05. The Kier molecular flexibility index (Phi) is 5.76. The molecule has 142 valence electrons. The number of piperazine rings is 1. The molecule has 0 unspecified atom stereocenters. The van der Waals surface area contributed by atoms with Crippen LogP contribution in [0.2, 0.25) is 0 Å². The maximum atomic E-state index is 12.5. The summed E-state index contributed by atoms with van der Waals surface area (Å²) in [4.78, 5) is 28.9. The van der Waals surface area contributed by atoms with Crippen LogP contribution in [-0.2, 0) is 0 Å². The van der Waals surface area contributed by atoms with Crippen molar-refractivity contribution < 1.29 is 14.7 Å². The molecule has 0 aliphatic carbocycles. The zero-order valence-corrected chi connectivity index (χ0v) is 15.7. The largest absolute Gasteiger partial charge is 0.478 e. The van der Waals surface area contributed by atoms with Crippen LogP contribution in [0, 0.1) is 6.92 Å². The SMILES string of the molecule is CCN1CCN(c2ccc(NC(=O)c3ccccc3C)c(C(=O)O)c2)CC1. The highest BCUT2D eigenvalue weighted by Crippen LogP contribution is 2.25. The third kappa shape index (κ3) is 4.28. The summed E-state index contributed by atoms with van der Waals surface area (Å²) >= 11 is 0. The number of carboxylic acids is 1. The van der Waals surface area contributed by atoms with E-state index in [2.05, 4.69) is 22.0 Å². The molecule has 6 nitrogen and oxygen atoms in total. The van der Waals surface area contributed by atoms with Crippen molar-refractivity contribution in [2.45, 2.75) is 13.8 Å². The molecule has 0 atom stereocenters. The molecular weight excluding hydrogens is 342 g/mol. The lowest BCUT2D eigenvalue weighted by Gasteiger charge is -2.35. The zero-order valence-electron chi connectivity index (χ0n) is 15.7. The van der Waals surface area contributed by atoms with E-state index in [4.69, 9.17) is 0 Å². The van der Waals surface area contributed by atoms with Gasteiger partial charge in [-0.1, -0.05) is 25.1 Å². The Bertz CT molecular complexity index is 842. The molecule has 0 spiro atoms. The maximum Gasteiger partial charge on any atom is 0.337 e. The van der Waals surface area contributed by atoms with Crippen LogP contribution in [0.15, 0.2) is 42.5 Å². The lowest BCUT2D eigenvalue weighted by Crippen LogP contribution is -2.46. The van der Waals surface area contributed by atoms with Gasteiger partial charge in [0, 0.05) is 37.4 Å². The first-order valence-electron chi connectivity index (χ1n) is 9.21. The molecule has 2 aromatic carbocycles. The summed E-state index contributed by atoms with van der Waals surface area (Å²) in [7, 11) is 0. The van der Waals surface area contributed by atoms with E-state index >= 15 is 0 Å². The lowest BCUT2D eigenvalue weighted by molar-refractivity contribution is 0.0698. The number of amides is 1. The Hall–Kier alpha value is -2.86. The minimum absolute atomic E-state index is 0.104. The van der Waals surface area contributed by atoms with Gasteiger partial charge in [-0.2, -0.15) is 0 Å². The van der Waals surface area contributed by atoms with Gasteiger partial charge >= 0.3 is 5.97 Å². The highest BCUT2D eigenvalue weighted by molar-refractivity contribution is 6.08. The fraction of sp³-hybridized carbons (Fsp3) is 0.333. The van der Waals surface area contributed by atoms with E-state index in [0.717, 1.165) is 44.0 Å². The molecule has 1 aliphatic rings. The van der Waals surface area contributed by atoms with Crippen molar-refractivity contribution in [2.24, 2.45) is 0 Å². The molecule has 1 saturated heterocycles. The number of anilines is 2. The number of carbonyl (C=O) groups is 2. The van der Waals surface area contributed by atoms with Crippen LogP contribution in [-0.4, -0.2) is 54.6 Å². The second-order valence-corrected chi connectivity index (χ2v) is 6.73. The number of hydrogen-bond donors (Lipinski definition) is 2. The van der Waals surface area contributed by atoms with Crippen LogP contribution < -0.4 is 10.2 Å². The number of hydrogen-bond acceptors (Lipinski definition) is 4. The van der Waals surface area contributed by atoms with E-state index < -0.39 is 5.97 Å². The quantitative estimate of drug-likeness (QED) is 0.850. The van der Waals surface area contributed by atoms with Crippen LogP contribution in [0.4, 0.5) is 11.4 Å². The molecule has 0 bridgehead atoms. The molecule has 6 heteroatoms. The average molecular weight is 367 g/mol. The van der Waals surface area contributed by atoms with Crippen LogP contribution >= 0.6 is 0 Å². The van der Waals surface area contributed by atoms with E-state index in [0.29, 0.717) is 11.3 Å². The molecule has 2 N–H and O–H groups in total. The molecular formula is C21H25N3O3. The predicted molar refractivity (Wildman–Crippen MR) is 107 cm³/mol. The minimum Gasteiger partial charge on any atom is -0.478 e. The number of aryl methyl sites for hydroxylation is 1. The number of nitrogens with zero attached hydrogens (tertiary/aromatic N) is 2. The Morgan fingerprint density at radius 1 is 1.04 bits per heavy atom. The number of carboxylic acid groups (broad SMARTS) is 1. The number of aromatic carboxylic acids is 1. The van der Waals surface area contributed by atoms with Gasteiger partial charge in [0.25, 0.3) is 5.91 Å². The number of benzene rings is 2. The van der Waals surface area contributed by atoms with E-state index in [1.807, 2.05) is 25.1 Å². The van der Waals surface area contributed by atoms with Gasteiger partial charge in [-0.05, 0) is 43.3 Å². The summed E-state index contributed by atoms with van der Waals surface area (Å²) in [6.07, 6.45) is 0. The van der Waals surface area contributed by atoms with Crippen LogP contribution in [0.3, 0.4) is 0 Å². The van der Waals surface area contributed by atoms with E-state index in [1.165, 1.54) is 0 Å². The summed E-state index contributed by atoms with van der Waals surface area (Å²) in [5.41, 5.74) is 2.67. The van der Waals surface area contributed by atoms with E-state index in [-0.39, 0.29) is 11.5 Å². The Morgan fingerprint density at radius 2 is 1.74 bits per heavy atom. The molecule has 27 heavy (non-hydrogen) atoms. The van der Waals surface area contributed by atoms with Gasteiger partial charge in [-0.25, -0.2) is 4.79 Å². The van der Waals surface area contributed by atoms with Crippen molar-refractivity contribution in [2.75, 3.05) is 42.9 Å². The first-order chi connectivity index (χ1) is 13.0. The molecule has 0 aromatic heterocycles. The summed E-state index contributed by atoms with van der Waals surface area (Å²) < 4.78 is 0. The monoisotopic (exact) mass is 367 g/mol. The molecule has 1 aliphatic heterocycles. The predicted octanol–water partition coefficient (Wildman–Crippen LogP) is 3.09. The molecule has 0 radical (unpaired) electrons. The van der Waals surface area contributed by atoms with Gasteiger partial charge < -0.3 is 20.2 Å². The average Bonchev–Trinajstić information content (AvgIpc) is 2.68. The Labute approximate surface area is 159 Å². The summed E-state index contributed by atoms with van der Waals surface area (Å²) in [6, 6.07) is 12.4. The van der Waals surface area contributed by atoms with Crippen molar-refractivity contribution in [1.82, 2.24) is 4.90 Å². The second-order valence-electron chi connectivity index (χ2n) is 6.73. The summed E-state index contributed by atoms with van der Waals surface area (Å²) in [5, 5.41) is 12.4. The van der Waals surface area contributed by atoms with Gasteiger partial charge in [0.05, 0.1) is 11.3 Å². The standard InChI is InChI=1S/C21H25N3O3/c1-3-23-10-12-24(13-11-23)16-8-9-19(18(14-16)21(26)27)22-20(25)17-7-5-4-6-15(17)2/h4-9,14H,3,10-13H2,1-2H3,(H,22,25)(H,26,27). The molecule has 0 saturated carbocycles. The Balaban J connectivity index is 1.81. The van der Waals surface area contributed by atoms with Crippen molar-refractivity contribution in [1.29, 1.82) is 0 Å². The van der Waals surface area contributed by atoms with Crippen LogP contribution in [0.1, 0.15) is 33.2 Å².